The van der Waals surface area contributed by atoms with Crippen molar-refractivity contribution in [3.63, 3.8) is 0 Å². The molecule has 0 spiro atoms. The van der Waals surface area contributed by atoms with Gasteiger partial charge in [0.25, 0.3) is 0 Å². The zero-order valence-corrected chi connectivity index (χ0v) is 19.1. The molecule has 10 heteroatoms. The average Bonchev–Trinajstić information content (AvgIpc) is 2.96. The number of hydrogen-bond donors (Lipinski definition) is 1. The van der Waals surface area contributed by atoms with Crippen LogP contribution in [0.1, 0.15) is 31.6 Å². The summed E-state index contributed by atoms with van der Waals surface area (Å²) >= 11 is 0. The molecular formula is C21H25NO7S2. The molecule has 0 aromatic heterocycles. The highest BCUT2D eigenvalue weighted by Crippen LogP contribution is 2.41. The SMILES string of the molecule is CC(C)(C)OC(=O)NCCOc1cccc(S(=O)(=O)C2CS(=O)(=O)c3ccccc32)c1. The Bertz CT molecular complexity index is 1180. The highest BCUT2D eigenvalue weighted by Gasteiger charge is 2.42. The van der Waals surface area contributed by atoms with E-state index in [4.69, 9.17) is 9.47 Å². The van der Waals surface area contributed by atoms with Crippen molar-refractivity contribution in [2.24, 2.45) is 0 Å². The molecular weight excluding hydrogens is 442 g/mol. The second-order valence-electron chi connectivity index (χ2n) is 8.10. The number of sulfone groups is 2. The lowest BCUT2D eigenvalue weighted by atomic mass is 10.2. The lowest BCUT2D eigenvalue weighted by molar-refractivity contribution is 0.0520. The summed E-state index contributed by atoms with van der Waals surface area (Å²) in [6.45, 7) is 5.53. The highest BCUT2D eigenvalue weighted by molar-refractivity contribution is 7.96. The van der Waals surface area contributed by atoms with Crippen LogP contribution >= 0.6 is 0 Å². The number of amides is 1. The van der Waals surface area contributed by atoms with Crippen LogP contribution in [0.3, 0.4) is 0 Å². The first-order valence-corrected chi connectivity index (χ1v) is 12.9. The van der Waals surface area contributed by atoms with Crippen LogP contribution in [0.2, 0.25) is 0 Å². The maximum absolute atomic E-state index is 13.2. The molecule has 1 N–H and O–H groups in total. The van der Waals surface area contributed by atoms with Crippen molar-refractivity contribution in [2.75, 3.05) is 18.9 Å². The number of carbonyl (C=O) groups excluding carboxylic acids is 1. The van der Waals surface area contributed by atoms with E-state index in [0.29, 0.717) is 5.75 Å². The number of nitrogens with one attached hydrogen (secondary N) is 1. The monoisotopic (exact) mass is 467 g/mol. The number of ether oxygens (including phenoxy) is 2. The van der Waals surface area contributed by atoms with Crippen molar-refractivity contribution < 1.29 is 31.1 Å². The number of alkyl carbamates (subject to hydrolysis) is 1. The predicted molar refractivity (Wildman–Crippen MR) is 115 cm³/mol. The fourth-order valence-electron chi connectivity index (χ4n) is 3.21. The number of benzene rings is 2. The maximum Gasteiger partial charge on any atom is 0.407 e. The van der Waals surface area contributed by atoms with E-state index < -0.39 is 42.4 Å². The van der Waals surface area contributed by atoms with Crippen molar-refractivity contribution in [3.8, 4) is 5.75 Å². The summed E-state index contributed by atoms with van der Waals surface area (Å²) in [4.78, 5) is 11.7. The molecule has 0 fully saturated rings. The number of rotatable bonds is 6. The van der Waals surface area contributed by atoms with Gasteiger partial charge in [-0.25, -0.2) is 21.6 Å². The number of hydrogen-bond acceptors (Lipinski definition) is 7. The molecule has 1 aliphatic rings. The van der Waals surface area contributed by atoms with Gasteiger partial charge in [-0.15, -0.1) is 0 Å². The second-order valence-corrected chi connectivity index (χ2v) is 12.2. The van der Waals surface area contributed by atoms with Crippen LogP contribution in [0.5, 0.6) is 5.75 Å². The second kappa shape index (κ2) is 8.51. The third-order valence-corrected chi connectivity index (χ3v) is 8.63. The van der Waals surface area contributed by atoms with Gasteiger partial charge in [0, 0.05) is 0 Å². The smallest absolute Gasteiger partial charge is 0.407 e. The fourth-order valence-corrected chi connectivity index (χ4v) is 7.57. The van der Waals surface area contributed by atoms with Crippen LogP contribution < -0.4 is 10.1 Å². The van der Waals surface area contributed by atoms with Crippen LogP contribution in [0.25, 0.3) is 0 Å². The Labute approximate surface area is 182 Å². The van der Waals surface area contributed by atoms with Gasteiger partial charge in [-0.05, 0) is 50.6 Å². The topological polar surface area (TPSA) is 116 Å². The first-order chi connectivity index (χ1) is 14.4. The summed E-state index contributed by atoms with van der Waals surface area (Å²) in [5.41, 5.74) is -0.324. The van der Waals surface area contributed by atoms with Gasteiger partial charge in [-0.2, -0.15) is 0 Å². The van der Waals surface area contributed by atoms with Crippen LogP contribution in [0.4, 0.5) is 4.79 Å². The molecule has 3 rings (SSSR count). The molecule has 1 aliphatic heterocycles. The van der Waals surface area contributed by atoms with Gasteiger partial charge in [0.15, 0.2) is 19.7 Å². The van der Waals surface area contributed by atoms with Crippen molar-refractivity contribution >= 4 is 25.8 Å². The molecule has 0 bridgehead atoms. The van der Waals surface area contributed by atoms with E-state index in [0.717, 1.165) is 0 Å². The van der Waals surface area contributed by atoms with E-state index in [1.807, 2.05) is 0 Å². The summed E-state index contributed by atoms with van der Waals surface area (Å²) in [7, 11) is -7.62. The minimum absolute atomic E-state index is 0.0259. The molecule has 31 heavy (non-hydrogen) atoms. The standard InChI is InChI=1S/C21H25NO7S2/c1-21(2,3)29-20(23)22-11-12-28-15-7-6-8-16(13-15)31(26,27)19-14-30(24,25)18-10-5-4-9-17(18)19/h4-10,13,19H,11-12,14H2,1-3H3,(H,22,23). The molecule has 0 saturated carbocycles. The van der Waals surface area contributed by atoms with Crippen molar-refractivity contribution in [3.05, 3.63) is 54.1 Å². The van der Waals surface area contributed by atoms with Gasteiger partial charge >= 0.3 is 6.09 Å². The van der Waals surface area contributed by atoms with Crippen LogP contribution in [-0.4, -0.2) is 47.4 Å². The lowest BCUT2D eigenvalue weighted by Gasteiger charge is -2.19. The third-order valence-electron chi connectivity index (χ3n) is 4.52. The summed E-state index contributed by atoms with van der Waals surface area (Å²) in [5, 5.41) is 1.38. The van der Waals surface area contributed by atoms with Crippen molar-refractivity contribution in [2.45, 2.75) is 41.4 Å². The van der Waals surface area contributed by atoms with Gasteiger partial charge in [0.05, 0.1) is 22.1 Å². The largest absolute Gasteiger partial charge is 0.492 e. The van der Waals surface area contributed by atoms with E-state index in [-0.39, 0.29) is 28.5 Å². The quantitative estimate of drug-likeness (QED) is 0.650. The molecule has 2 aromatic rings. The predicted octanol–water partition coefficient (Wildman–Crippen LogP) is 2.89. The van der Waals surface area contributed by atoms with Crippen molar-refractivity contribution in [1.29, 1.82) is 0 Å². The van der Waals surface area contributed by atoms with E-state index in [9.17, 15) is 21.6 Å². The minimum atomic E-state index is -3.96. The Balaban J connectivity index is 1.70. The number of fused-ring (bicyclic) bond motifs is 1. The lowest BCUT2D eigenvalue weighted by Crippen LogP contribution is -2.34. The molecule has 2 aromatic carbocycles. The molecule has 1 unspecified atom stereocenters. The van der Waals surface area contributed by atoms with Gasteiger partial charge in [-0.1, -0.05) is 24.3 Å². The maximum atomic E-state index is 13.2. The third kappa shape index (κ3) is 5.37. The fraction of sp³-hybridized carbons (Fsp3) is 0.381. The molecule has 8 nitrogen and oxygen atoms in total. The van der Waals surface area contributed by atoms with Crippen LogP contribution in [0, 0.1) is 0 Å². The normalized spacial score (nSPS) is 17.6. The van der Waals surface area contributed by atoms with E-state index in [1.165, 1.54) is 30.3 Å². The molecule has 0 saturated heterocycles. The van der Waals surface area contributed by atoms with E-state index in [2.05, 4.69) is 5.32 Å². The Morgan fingerprint density at radius 3 is 2.55 bits per heavy atom. The zero-order valence-electron chi connectivity index (χ0n) is 17.5. The van der Waals surface area contributed by atoms with E-state index in [1.54, 1.807) is 39.0 Å². The first kappa shape index (κ1) is 23.1. The zero-order chi connectivity index (χ0) is 22.9. The Hall–Kier alpha value is -2.59. The molecule has 1 atom stereocenters. The molecule has 1 amide bonds. The summed E-state index contributed by atoms with van der Waals surface area (Å²) in [6.07, 6.45) is -0.575. The van der Waals surface area contributed by atoms with E-state index >= 15 is 0 Å². The van der Waals surface area contributed by atoms with Gasteiger partial charge in [0.1, 0.15) is 23.2 Å². The first-order valence-electron chi connectivity index (χ1n) is 9.65. The molecule has 168 valence electrons. The molecule has 1 heterocycles. The van der Waals surface area contributed by atoms with Crippen molar-refractivity contribution in [1.82, 2.24) is 5.32 Å². The van der Waals surface area contributed by atoms with Gasteiger partial charge in [0.2, 0.25) is 0 Å². The Morgan fingerprint density at radius 2 is 1.84 bits per heavy atom. The van der Waals surface area contributed by atoms with Gasteiger partial charge in [-0.3, -0.25) is 0 Å². The molecule has 0 radical (unpaired) electrons. The average molecular weight is 468 g/mol. The van der Waals surface area contributed by atoms with Gasteiger partial charge < -0.3 is 14.8 Å². The van der Waals surface area contributed by atoms with Crippen LogP contribution in [0.15, 0.2) is 58.3 Å². The Kier molecular flexibility index (Phi) is 6.33. The number of carbonyl (C=O) groups is 1. The summed E-state index contributed by atoms with van der Waals surface area (Å²) < 4.78 is 61.8. The molecule has 0 aliphatic carbocycles. The van der Waals surface area contributed by atoms with Crippen LogP contribution in [-0.2, 0) is 24.4 Å². The summed E-state index contributed by atoms with van der Waals surface area (Å²) in [5.74, 6) is -0.194. The highest BCUT2D eigenvalue weighted by atomic mass is 32.2. The Morgan fingerprint density at radius 1 is 1.13 bits per heavy atom. The minimum Gasteiger partial charge on any atom is -0.492 e. The summed E-state index contributed by atoms with van der Waals surface area (Å²) in [6, 6.07) is 12.0.